The average molecular weight is 256 g/mol. The maximum Gasteiger partial charge on any atom is 0.123 e. The number of halogens is 2. The molecule has 16 heavy (non-hydrogen) atoms. The van der Waals surface area contributed by atoms with Crippen LogP contribution in [0.15, 0.2) is 34.7 Å². The fourth-order valence-electron chi connectivity index (χ4n) is 1.42. The topological polar surface area (TPSA) is 25.2 Å². The summed E-state index contributed by atoms with van der Waals surface area (Å²) in [5, 5.41) is 4.37. The van der Waals surface area contributed by atoms with Gasteiger partial charge >= 0.3 is 0 Å². The second-order valence-electron chi connectivity index (χ2n) is 3.46. The van der Waals surface area contributed by atoms with Gasteiger partial charge in [0.05, 0.1) is 22.3 Å². The van der Waals surface area contributed by atoms with Crippen LogP contribution in [0, 0.1) is 6.92 Å². The summed E-state index contributed by atoms with van der Waals surface area (Å²) in [7, 11) is 0. The predicted molar refractivity (Wildman–Crippen MR) is 67.2 cm³/mol. The van der Waals surface area contributed by atoms with Crippen molar-refractivity contribution >= 4 is 28.9 Å². The Labute approximate surface area is 104 Å². The van der Waals surface area contributed by atoms with E-state index in [1.54, 1.807) is 12.1 Å². The van der Waals surface area contributed by atoms with Crippen molar-refractivity contribution < 1.29 is 4.42 Å². The molecule has 1 aromatic carbocycles. The Kier molecular flexibility index (Phi) is 3.42. The lowest BCUT2D eigenvalue weighted by molar-refractivity contribution is 0.490. The number of para-hydroxylation sites is 1. The average Bonchev–Trinajstić information content (AvgIpc) is 2.63. The largest absolute Gasteiger partial charge is 0.465 e. The van der Waals surface area contributed by atoms with E-state index in [0.717, 1.165) is 17.2 Å². The third-order valence-corrected chi connectivity index (χ3v) is 2.83. The van der Waals surface area contributed by atoms with Crippen molar-refractivity contribution in [1.29, 1.82) is 0 Å². The van der Waals surface area contributed by atoms with Crippen molar-refractivity contribution in [3.8, 4) is 0 Å². The molecule has 0 saturated heterocycles. The fourth-order valence-corrected chi connectivity index (χ4v) is 1.95. The summed E-state index contributed by atoms with van der Waals surface area (Å²) >= 11 is 12.0. The Hall–Kier alpha value is -1.12. The van der Waals surface area contributed by atoms with Crippen LogP contribution in [0.4, 0.5) is 5.69 Å². The van der Waals surface area contributed by atoms with Crippen molar-refractivity contribution in [3.63, 3.8) is 0 Å². The van der Waals surface area contributed by atoms with Gasteiger partial charge in [-0.1, -0.05) is 29.3 Å². The molecule has 0 amide bonds. The van der Waals surface area contributed by atoms with Crippen LogP contribution in [0.3, 0.4) is 0 Å². The molecule has 0 aliphatic heterocycles. The van der Waals surface area contributed by atoms with Crippen LogP contribution in [-0.2, 0) is 6.54 Å². The highest BCUT2D eigenvalue weighted by molar-refractivity contribution is 6.39. The lowest BCUT2D eigenvalue weighted by atomic mass is 10.3. The van der Waals surface area contributed by atoms with Crippen molar-refractivity contribution in [1.82, 2.24) is 0 Å². The van der Waals surface area contributed by atoms with E-state index in [1.165, 1.54) is 0 Å². The van der Waals surface area contributed by atoms with Gasteiger partial charge in [-0.2, -0.15) is 0 Å². The first kappa shape index (κ1) is 11.4. The van der Waals surface area contributed by atoms with Crippen LogP contribution in [0.1, 0.15) is 11.5 Å². The predicted octanol–water partition coefficient (Wildman–Crippen LogP) is 4.51. The summed E-state index contributed by atoms with van der Waals surface area (Å²) in [5.41, 5.74) is 0.736. The molecular formula is C12H11Cl2NO. The van der Waals surface area contributed by atoms with Gasteiger partial charge in [0.25, 0.3) is 0 Å². The third kappa shape index (κ3) is 2.52. The zero-order valence-electron chi connectivity index (χ0n) is 8.76. The zero-order valence-corrected chi connectivity index (χ0v) is 10.3. The molecule has 84 valence electrons. The highest BCUT2D eigenvalue weighted by Gasteiger charge is 2.05. The SMILES string of the molecule is Cc1ccc(CNc2c(Cl)cccc2Cl)o1. The van der Waals surface area contributed by atoms with Gasteiger partial charge in [-0.3, -0.25) is 0 Å². The molecule has 1 heterocycles. The van der Waals surface area contributed by atoms with Crippen LogP contribution in [0.25, 0.3) is 0 Å². The highest BCUT2D eigenvalue weighted by atomic mass is 35.5. The molecule has 4 heteroatoms. The van der Waals surface area contributed by atoms with Gasteiger partial charge in [-0.05, 0) is 31.2 Å². The minimum Gasteiger partial charge on any atom is -0.465 e. The van der Waals surface area contributed by atoms with Gasteiger partial charge in [0, 0.05) is 0 Å². The highest BCUT2D eigenvalue weighted by Crippen LogP contribution is 2.30. The molecule has 2 rings (SSSR count). The number of nitrogens with one attached hydrogen (secondary N) is 1. The summed E-state index contributed by atoms with van der Waals surface area (Å²) in [5.74, 6) is 1.75. The summed E-state index contributed by atoms with van der Waals surface area (Å²) in [6, 6.07) is 9.25. The van der Waals surface area contributed by atoms with Crippen LogP contribution in [0.2, 0.25) is 10.0 Å². The molecule has 0 fully saturated rings. The van der Waals surface area contributed by atoms with Crippen molar-refractivity contribution in [3.05, 3.63) is 51.9 Å². The Bertz CT molecular complexity index is 473. The number of hydrogen-bond donors (Lipinski definition) is 1. The van der Waals surface area contributed by atoms with Crippen molar-refractivity contribution in [2.45, 2.75) is 13.5 Å². The van der Waals surface area contributed by atoms with Crippen LogP contribution < -0.4 is 5.32 Å². The molecule has 0 radical (unpaired) electrons. The molecule has 0 spiro atoms. The quantitative estimate of drug-likeness (QED) is 0.874. The van der Waals surface area contributed by atoms with Gasteiger partial charge in [-0.15, -0.1) is 0 Å². The minimum atomic E-state index is 0.567. The number of aryl methyl sites for hydroxylation is 1. The molecule has 0 unspecified atom stereocenters. The van der Waals surface area contributed by atoms with E-state index in [9.17, 15) is 0 Å². The number of hydrogen-bond acceptors (Lipinski definition) is 2. The van der Waals surface area contributed by atoms with E-state index in [1.807, 2.05) is 25.1 Å². The molecule has 1 N–H and O–H groups in total. The molecule has 0 atom stereocenters. The van der Waals surface area contributed by atoms with Crippen molar-refractivity contribution in [2.75, 3.05) is 5.32 Å². The molecule has 0 bridgehead atoms. The second kappa shape index (κ2) is 4.81. The first-order valence-electron chi connectivity index (χ1n) is 4.90. The number of benzene rings is 1. The van der Waals surface area contributed by atoms with Crippen molar-refractivity contribution in [2.24, 2.45) is 0 Å². The summed E-state index contributed by atoms with van der Waals surface area (Å²) < 4.78 is 5.44. The van der Waals surface area contributed by atoms with E-state index in [-0.39, 0.29) is 0 Å². The monoisotopic (exact) mass is 255 g/mol. The number of furan rings is 1. The second-order valence-corrected chi connectivity index (χ2v) is 4.28. The normalized spacial score (nSPS) is 10.4. The maximum atomic E-state index is 6.02. The Morgan fingerprint density at radius 1 is 1.12 bits per heavy atom. The summed E-state index contributed by atoms with van der Waals surface area (Å²) in [4.78, 5) is 0. The van der Waals surface area contributed by atoms with Gasteiger partial charge in [0.2, 0.25) is 0 Å². The summed E-state index contributed by atoms with van der Waals surface area (Å²) in [6.45, 7) is 2.48. The Morgan fingerprint density at radius 2 is 1.81 bits per heavy atom. The summed E-state index contributed by atoms with van der Waals surface area (Å²) in [6.07, 6.45) is 0. The van der Waals surface area contributed by atoms with E-state index in [0.29, 0.717) is 16.6 Å². The van der Waals surface area contributed by atoms with E-state index < -0.39 is 0 Å². The first-order chi connectivity index (χ1) is 7.66. The van der Waals surface area contributed by atoms with E-state index in [2.05, 4.69) is 5.32 Å². The zero-order chi connectivity index (χ0) is 11.5. The maximum absolute atomic E-state index is 6.02. The number of rotatable bonds is 3. The van der Waals surface area contributed by atoms with Crippen LogP contribution >= 0.6 is 23.2 Å². The third-order valence-electron chi connectivity index (χ3n) is 2.20. The Morgan fingerprint density at radius 3 is 2.38 bits per heavy atom. The van der Waals surface area contributed by atoms with Gasteiger partial charge in [0.1, 0.15) is 11.5 Å². The fraction of sp³-hybridized carbons (Fsp3) is 0.167. The molecule has 1 aromatic heterocycles. The molecule has 0 aliphatic rings. The Balaban J connectivity index is 2.10. The molecule has 0 saturated carbocycles. The molecule has 2 aromatic rings. The van der Waals surface area contributed by atoms with Gasteiger partial charge in [-0.25, -0.2) is 0 Å². The molecular weight excluding hydrogens is 245 g/mol. The van der Waals surface area contributed by atoms with Crippen LogP contribution in [-0.4, -0.2) is 0 Å². The smallest absolute Gasteiger partial charge is 0.123 e. The molecule has 0 aliphatic carbocycles. The minimum absolute atomic E-state index is 0.567. The van der Waals surface area contributed by atoms with Crippen LogP contribution in [0.5, 0.6) is 0 Å². The first-order valence-corrected chi connectivity index (χ1v) is 5.65. The molecule has 2 nitrogen and oxygen atoms in total. The van der Waals surface area contributed by atoms with E-state index >= 15 is 0 Å². The van der Waals surface area contributed by atoms with E-state index in [4.69, 9.17) is 27.6 Å². The lowest BCUT2D eigenvalue weighted by Crippen LogP contribution is -1.99. The van der Waals surface area contributed by atoms with Gasteiger partial charge in [0.15, 0.2) is 0 Å². The standard InChI is InChI=1S/C12H11Cl2NO/c1-8-5-6-9(16-8)7-15-12-10(13)3-2-4-11(12)14/h2-6,15H,7H2,1H3. The lowest BCUT2D eigenvalue weighted by Gasteiger charge is -2.08. The van der Waals surface area contributed by atoms with Gasteiger partial charge < -0.3 is 9.73 Å². The number of anilines is 1.